The monoisotopic (exact) mass is 387 g/mol. The minimum Gasteiger partial charge on any atom is -0.493 e. The summed E-state index contributed by atoms with van der Waals surface area (Å²) < 4.78 is 29.4. The summed E-state index contributed by atoms with van der Waals surface area (Å²) in [5, 5.41) is 3.05. The molecule has 3 rings (SSSR count). The number of amides is 1. The maximum Gasteiger partial charge on any atom is 0.230 e. The second-order valence-corrected chi connectivity index (χ2v) is 7.01. The Bertz CT molecular complexity index is 804. The average molecular weight is 387 g/mol. The predicted molar refractivity (Wildman–Crippen MR) is 104 cm³/mol. The molecule has 0 aliphatic heterocycles. The fourth-order valence-corrected chi connectivity index (χ4v) is 3.98. The topological polar surface area (TPSA) is 56.8 Å². The summed E-state index contributed by atoms with van der Waals surface area (Å²) in [6, 6.07) is 9.92. The van der Waals surface area contributed by atoms with Crippen molar-refractivity contribution in [2.45, 2.75) is 37.6 Å². The largest absolute Gasteiger partial charge is 0.493 e. The van der Waals surface area contributed by atoms with Gasteiger partial charge in [-0.2, -0.15) is 0 Å². The second kappa shape index (κ2) is 8.50. The highest BCUT2D eigenvalue weighted by atomic mass is 19.1. The number of rotatable bonds is 7. The van der Waals surface area contributed by atoms with Crippen molar-refractivity contribution < 1.29 is 23.4 Å². The van der Waals surface area contributed by atoms with Crippen LogP contribution in [0.1, 0.15) is 36.8 Å². The average Bonchev–Trinajstić information content (AvgIpc) is 3.22. The standard InChI is InChI=1S/C22H26FNO4/c1-26-18-12-15(13-19(27-2)20(18)28-3)14-24-21(25)22(10-4-5-11-22)16-6-8-17(23)9-7-16/h6-9,12-13H,4-5,10-11,14H2,1-3H3,(H,24,25). The Labute approximate surface area is 164 Å². The Morgan fingerprint density at radius 3 is 2.07 bits per heavy atom. The molecule has 2 aromatic carbocycles. The Morgan fingerprint density at radius 2 is 1.57 bits per heavy atom. The third-order valence-corrected chi connectivity index (χ3v) is 5.47. The third-order valence-electron chi connectivity index (χ3n) is 5.47. The van der Waals surface area contributed by atoms with Gasteiger partial charge < -0.3 is 19.5 Å². The zero-order chi connectivity index (χ0) is 20.1. The zero-order valence-electron chi connectivity index (χ0n) is 16.5. The molecule has 0 bridgehead atoms. The number of carbonyl (C=O) groups is 1. The highest BCUT2D eigenvalue weighted by Gasteiger charge is 2.42. The van der Waals surface area contributed by atoms with E-state index in [9.17, 15) is 9.18 Å². The lowest BCUT2D eigenvalue weighted by molar-refractivity contribution is -0.126. The number of hydrogen-bond acceptors (Lipinski definition) is 4. The van der Waals surface area contributed by atoms with Crippen LogP contribution in [-0.4, -0.2) is 27.2 Å². The van der Waals surface area contributed by atoms with Crippen LogP contribution in [0.2, 0.25) is 0 Å². The molecule has 0 heterocycles. The van der Waals surface area contributed by atoms with Gasteiger partial charge in [-0.05, 0) is 48.2 Å². The highest BCUT2D eigenvalue weighted by molar-refractivity contribution is 5.88. The van der Waals surface area contributed by atoms with Crippen molar-refractivity contribution in [3.8, 4) is 17.2 Å². The van der Waals surface area contributed by atoms with Crippen molar-refractivity contribution in [3.05, 3.63) is 53.3 Å². The van der Waals surface area contributed by atoms with Crippen molar-refractivity contribution in [3.63, 3.8) is 0 Å². The molecular formula is C22H26FNO4. The summed E-state index contributed by atoms with van der Waals surface area (Å²) in [5.41, 5.74) is 1.11. The lowest BCUT2D eigenvalue weighted by Gasteiger charge is -2.28. The number of nitrogens with one attached hydrogen (secondary N) is 1. The number of halogens is 1. The smallest absolute Gasteiger partial charge is 0.230 e. The quantitative estimate of drug-likeness (QED) is 0.781. The van der Waals surface area contributed by atoms with E-state index in [1.807, 2.05) is 12.1 Å². The first-order valence-electron chi connectivity index (χ1n) is 9.37. The fourth-order valence-electron chi connectivity index (χ4n) is 3.98. The summed E-state index contributed by atoms with van der Waals surface area (Å²) in [5.74, 6) is 1.26. The SMILES string of the molecule is COc1cc(CNC(=O)C2(c3ccc(F)cc3)CCCC2)cc(OC)c1OC. The van der Waals surface area contributed by atoms with Gasteiger partial charge in [0.2, 0.25) is 11.7 Å². The number of ether oxygens (including phenoxy) is 3. The van der Waals surface area contributed by atoms with Gasteiger partial charge in [-0.15, -0.1) is 0 Å². The number of carbonyl (C=O) groups excluding carboxylic acids is 1. The molecule has 6 heteroatoms. The maximum atomic E-state index is 13.3. The molecule has 0 unspecified atom stereocenters. The first-order valence-corrected chi connectivity index (χ1v) is 9.37. The normalized spacial score (nSPS) is 15.1. The van der Waals surface area contributed by atoms with Gasteiger partial charge in [0.1, 0.15) is 5.82 Å². The lowest BCUT2D eigenvalue weighted by atomic mass is 9.78. The Balaban J connectivity index is 1.81. The number of benzene rings is 2. The van der Waals surface area contributed by atoms with E-state index in [1.54, 1.807) is 33.5 Å². The molecule has 1 fully saturated rings. The maximum absolute atomic E-state index is 13.3. The van der Waals surface area contributed by atoms with E-state index in [4.69, 9.17) is 14.2 Å². The van der Waals surface area contributed by atoms with Crippen molar-refractivity contribution >= 4 is 5.91 Å². The summed E-state index contributed by atoms with van der Waals surface area (Å²) in [6.07, 6.45) is 3.49. The molecule has 1 N–H and O–H groups in total. The molecule has 1 aliphatic carbocycles. The molecule has 0 saturated heterocycles. The van der Waals surface area contributed by atoms with E-state index in [1.165, 1.54) is 12.1 Å². The van der Waals surface area contributed by atoms with Crippen molar-refractivity contribution in [1.82, 2.24) is 5.32 Å². The molecular weight excluding hydrogens is 361 g/mol. The lowest BCUT2D eigenvalue weighted by Crippen LogP contribution is -2.42. The molecule has 0 aromatic heterocycles. The number of hydrogen-bond donors (Lipinski definition) is 1. The minimum absolute atomic E-state index is 0.0367. The van der Waals surface area contributed by atoms with Gasteiger partial charge >= 0.3 is 0 Å². The van der Waals surface area contributed by atoms with E-state index in [0.717, 1.165) is 36.8 Å². The molecule has 150 valence electrons. The molecule has 0 radical (unpaired) electrons. The van der Waals surface area contributed by atoms with Crippen LogP contribution in [0.25, 0.3) is 0 Å². The molecule has 28 heavy (non-hydrogen) atoms. The highest BCUT2D eigenvalue weighted by Crippen LogP contribution is 2.42. The van der Waals surface area contributed by atoms with E-state index in [-0.39, 0.29) is 11.7 Å². The Morgan fingerprint density at radius 1 is 1.00 bits per heavy atom. The zero-order valence-corrected chi connectivity index (χ0v) is 16.5. The van der Waals surface area contributed by atoms with Gasteiger partial charge in [0.15, 0.2) is 11.5 Å². The molecule has 0 atom stereocenters. The van der Waals surface area contributed by atoms with Crippen LogP contribution in [-0.2, 0) is 16.8 Å². The second-order valence-electron chi connectivity index (χ2n) is 7.01. The van der Waals surface area contributed by atoms with Crippen molar-refractivity contribution in [1.29, 1.82) is 0 Å². The van der Waals surface area contributed by atoms with Crippen molar-refractivity contribution in [2.75, 3.05) is 21.3 Å². The van der Waals surface area contributed by atoms with Crippen LogP contribution in [0.5, 0.6) is 17.2 Å². The summed E-state index contributed by atoms with van der Waals surface area (Å²) in [6.45, 7) is 0.332. The molecule has 1 saturated carbocycles. The minimum atomic E-state index is -0.603. The molecule has 1 amide bonds. The Kier molecular flexibility index (Phi) is 6.07. The Hall–Kier alpha value is -2.76. The fraction of sp³-hybridized carbons (Fsp3) is 0.409. The molecule has 2 aromatic rings. The number of methoxy groups -OCH3 is 3. The molecule has 1 aliphatic rings. The predicted octanol–water partition coefficient (Wildman–Crippen LogP) is 3.98. The third kappa shape index (κ3) is 3.77. The first-order chi connectivity index (χ1) is 13.5. The first kappa shape index (κ1) is 20.0. The van der Waals surface area contributed by atoms with Crippen LogP contribution in [0.15, 0.2) is 36.4 Å². The molecule has 5 nitrogen and oxygen atoms in total. The van der Waals surface area contributed by atoms with Gasteiger partial charge in [0.25, 0.3) is 0 Å². The summed E-state index contributed by atoms with van der Waals surface area (Å²) in [7, 11) is 4.66. The van der Waals surface area contributed by atoms with E-state index in [0.29, 0.717) is 23.8 Å². The van der Waals surface area contributed by atoms with Crippen LogP contribution in [0.3, 0.4) is 0 Å². The van der Waals surface area contributed by atoms with E-state index >= 15 is 0 Å². The van der Waals surface area contributed by atoms with Crippen LogP contribution in [0, 0.1) is 5.82 Å². The summed E-state index contributed by atoms with van der Waals surface area (Å²) in [4.78, 5) is 13.2. The van der Waals surface area contributed by atoms with Gasteiger partial charge in [-0.3, -0.25) is 4.79 Å². The molecule has 0 spiro atoms. The van der Waals surface area contributed by atoms with Gasteiger partial charge in [-0.25, -0.2) is 4.39 Å². The summed E-state index contributed by atoms with van der Waals surface area (Å²) >= 11 is 0. The van der Waals surface area contributed by atoms with E-state index in [2.05, 4.69) is 5.32 Å². The van der Waals surface area contributed by atoms with Gasteiger partial charge in [-0.1, -0.05) is 25.0 Å². The van der Waals surface area contributed by atoms with Gasteiger partial charge in [0, 0.05) is 6.54 Å². The van der Waals surface area contributed by atoms with Crippen LogP contribution in [0.4, 0.5) is 4.39 Å². The van der Waals surface area contributed by atoms with Crippen LogP contribution < -0.4 is 19.5 Å². The van der Waals surface area contributed by atoms with Crippen LogP contribution >= 0.6 is 0 Å². The van der Waals surface area contributed by atoms with E-state index < -0.39 is 5.41 Å². The van der Waals surface area contributed by atoms with Crippen molar-refractivity contribution in [2.24, 2.45) is 0 Å². The van der Waals surface area contributed by atoms with Gasteiger partial charge in [0.05, 0.1) is 26.7 Å².